The summed E-state index contributed by atoms with van der Waals surface area (Å²) in [5, 5.41) is 9.71. The molecule has 0 aliphatic rings. The molecular formula is C28H17F12NO4. The van der Waals surface area contributed by atoms with Crippen LogP contribution in [0.2, 0.25) is 0 Å². The maximum absolute atomic E-state index is 13.4. The fraction of sp³-hybridized carbons (Fsp3) is 0.250. The van der Waals surface area contributed by atoms with Gasteiger partial charge in [0.15, 0.2) is 11.5 Å². The summed E-state index contributed by atoms with van der Waals surface area (Å²) in [7, 11) is 1.08. The summed E-state index contributed by atoms with van der Waals surface area (Å²) < 4.78 is 171. The Morgan fingerprint density at radius 2 is 1.09 bits per heavy atom. The van der Waals surface area contributed by atoms with E-state index in [9.17, 15) is 62.6 Å². The van der Waals surface area contributed by atoms with E-state index in [4.69, 9.17) is 9.47 Å². The molecule has 0 saturated carbocycles. The third kappa shape index (κ3) is 7.39. The Kier molecular flexibility index (Phi) is 8.45. The zero-order valence-electron chi connectivity index (χ0n) is 22.3. The third-order valence-corrected chi connectivity index (χ3v) is 6.44. The second-order valence-corrected chi connectivity index (χ2v) is 9.60. The molecule has 0 unspecified atom stereocenters. The average Bonchev–Trinajstić information content (AvgIpc) is 3.26. The lowest BCUT2D eigenvalue weighted by atomic mass is 10.0. The summed E-state index contributed by atoms with van der Waals surface area (Å²) in [6.07, 6.45) is -20.6. The fourth-order valence-corrected chi connectivity index (χ4v) is 4.45. The van der Waals surface area contributed by atoms with Gasteiger partial charge in [-0.1, -0.05) is 0 Å². The first kappa shape index (κ1) is 33.3. The van der Waals surface area contributed by atoms with Crippen LogP contribution in [0.1, 0.15) is 43.9 Å². The number of hydrogen-bond donors (Lipinski definition) is 1. The number of aromatic nitrogens is 1. The summed E-state index contributed by atoms with van der Waals surface area (Å²) in [6.45, 7) is -1.63. The van der Waals surface area contributed by atoms with Crippen LogP contribution < -0.4 is 9.47 Å². The lowest BCUT2D eigenvalue weighted by Gasteiger charge is -2.17. The molecule has 1 N–H and O–H groups in total. The number of aromatic carboxylic acids is 1. The molecule has 0 atom stereocenters. The van der Waals surface area contributed by atoms with E-state index in [-0.39, 0.29) is 34.5 Å². The van der Waals surface area contributed by atoms with Gasteiger partial charge in [0.1, 0.15) is 12.3 Å². The first-order chi connectivity index (χ1) is 20.6. The topological polar surface area (TPSA) is 60.7 Å². The van der Waals surface area contributed by atoms with Crippen LogP contribution in [0.15, 0.2) is 54.6 Å². The maximum Gasteiger partial charge on any atom is 0.416 e. The van der Waals surface area contributed by atoms with Crippen molar-refractivity contribution in [3.05, 3.63) is 93.7 Å². The molecule has 242 valence electrons. The highest BCUT2D eigenvalue weighted by atomic mass is 19.4. The van der Waals surface area contributed by atoms with Crippen molar-refractivity contribution >= 4 is 16.9 Å². The van der Waals surface area contributed by atoms with Gasteiger partial charge in [-0.25, -0.2) is 4.79 Å². The van der Waals surface area contributed by atoms with Crippen LogP contribution in [0.3, 0.4) is 0 Å². The summed E-state index contributed by atoms with van der Waals surface area (Å²) in [5.74, 6) is -2.13. The Balaban J connectivity index is 1.77. The van der Waals surface area contributed by atoms with Gasteiger partial charge in [0.05, 0.1) is 34.9 Å². The van der Waals surface area contributed by atoms with Crippen molar-refractivity contribution in [1.29, 1.82) is 0 Å². The zero-order valence-corrected chi connectivity index (χ0v) is 22.3. The summed E-state index contributed by atoms with van der Waals surface area (Å²) >= 11 is 0. The van der Waals surface area contributed by atoms with Gasteiger partial charge in [-0.3, -0.25) is 0 Å². The van der Waals surface area contributed by atoms with Crippen LogP contribution in [-0.4, -0.2) is 22.8 Å². The highest BCUT2D eigenvalue weighted by Crippen LogP contribution is 2.40. The van der Waals surface area contributed by atoms with Gasteiger partial charge >= 0.3 is 30.7 Å². The molecule has 0 spiro atoms. The van der Waals surface area contributed by atoms with Gasteiger partial charge < -0.3 is 19.1 Å². The van der Waals surface area contributed by atoms with Crippen LogP contribution in [0.5, 0.6) is 11.5 Å². The largest absolute Gasteiger partial charge is 0.493 e. The second-order valence-electron chi connectivity index (χ2n) is 9.60. The molecule has 1 heterocycles. The van der Waals surface area contributed by atoms with Crippen LogP contribution in [-0.2, 0) is 37.9 Å². The monoisotopic (exact) mass is 659 g/mol. The van der Waals surface area contributed by atoms with Crippen LogP contribution in [0.25, 0.3) is 10.9 Å². The number of rotatable bonds is 7. The molecule has 0 aliphatic heterocycles. The molecule has 0 fully saturated rings. The molecule has 0 bridgehead atoms. The predicted molar refractivity (Wildman–Crippen MR) is 132 cm³/mol. The Morgan fingerprint density at radius 1 is 0.644 bits per heavy atom. The summed E-state index contributed by atoms with van der Waals surface area (Å²) in [6, 6.07) is 4.74. The number of carboxylic acid groups (broad SMARTS) is 1. The third-order valence-electron chi connectivity index (χ3n) is 6.44. The minimum absolute atomic E-state index is 0.00811. The predicted octanol–water partition coefficient (Wildman–Crippen LogP) is 9.05. The standard InChI is InChI=1S/C28H17F12NO4/c1-44-22-10-20-15(7-23(22)45-12-14-4-18(27(35,36)37)9-19(5-14)28(38,39)40)6-21(24(42)43)41(20)11-13-2-16(25(29,30)31)8-17(3-13)26(32,33)34/h2-10H,11-12H2,1H3,(H,42,43). The molecule has 5 nitrogen and oxygen atoms in total. The van der Waals surface area contributed by atoms with E-state index in [1.165, 1.54) is 0 Å². The molecule has 0 aliphatic carbocycles. The van der Waals surface area contributed by atoms with Gasteiger partial charge in [0, 0.05) is 18.0 Å². The number of carboxylic acids is 1. The van der Waals surface area contributed by atoms with E-state index >= 15 is 0 Å². The van der Waals surface area contributed by atoms with Gasteiger partial charge in [-0.05, 0) is 59.7 Å². The lowest BCUT2D eigenvalue weighted by molar-refractivity contribution is -0.144. The molecular weight excluding hydrogens is 642 g/mol. The number of ether oxygens (including phenoxy) is 2. The molecule has 4 rings (SSSR count). The minimum atomic E-state index is -5.17. The number of alkyl halides is 12. The van der Waals surface area contributed by atoms with Crippen molar-refractivity contribution in [3.8, 4) is 11.5 Å². The number of hydrogen-bond acceptors (Lipinski definition) is 3. The molecule has 1 aromatic heterocycles. The van der Waals surface area contributed by atoms with Crippen molar-refractivity contribution in [2.75, 3.05) is 7.11 Å². The second kappa shape index (κ2) is 11.4. The van der Waals surface area contributed by atoms with E-state index in [1.807, 2.05) is 0 Å². The molecule has 3 aromatic carbocycles. The highest BCUT2D eigenvalue weighted by Gasteiger charge is 2.38. The van der Waals surface area contributed by atoms with Crippen molar-refractivity contribution in [2.45, 2.75) is 37.9 Å². The Labute approximate surface area is 244 Å². The number of benzene rings is 3. The molecule has 0 amide bonds. The van der Waals surface area contributed by atoms with Crippen LogP contribution in [0, 0.1) is 0 Å². The first-order valence-electron chi connectivity index (χ1n) is 12.2. The van der Waals surface area contributed by atoms with E-state index < -0.39 is 82.9 Å². The number of methoxy groups -OCH3 is 1. The number of nitrogens with zero attached hydrogens (tertiary/aromatic N) is 1. The highest BCUT2D eigenvalue weighted by molar-refractivity contribution is 5.96. The smallest absolute Gasteiger partial charge is 0.416 e. The Hall–Kier alpha value is -4.57. The lowest BCUT2D eigenvalue weighted by Crippen LogP contribution is -2.14. The van der Waals surface area contributed by atoms with Crippen molar-refractivity contribution in [1.82, 2.24) is 4.57 Å². The van der Waals surface area contributed by atoms with Crippen LogP contribution >= 0.6 is 0 Å². The van der Waals surface area contributed by atoms with Gasteiger partial charge in [-0.15, -0.1) is 0 Å². The van der Waals surface area contributed by atoms with Crippen LogP contribution in [0.4, 0.5) is 52.7 Å². The molecule has 0 saturated heterocycles. The molecule has 45 heavy (non-hydrogen) atoms. The van der Waals surface area contributed by atoms with E-state index in [0.717, 1.165) is 29.9 Å². The van der Waals surface area contributed by atoms with Gasteiger partial charge in [0.2, 0.25) is 0 Å². The van der Waals surface area contributed by atoms with Gasteiger partial charge in [0.25, 0.3) is 0 Å². The number of fused-ring (bicyclic) bond motifs is 1. The van der Waals surface area contributed by atoms with E-state index in [0.29, 0.717) is 24.3 Å². The van der Waals surface area contributed by atoms with E-state index in [1.54, 1.807) is 0 Å². The average molecular weight is 659 g/mol. The maximum atomic E-state index is 13.4. The summed E-state index contributed by atoms with van der Waals surface area (Å²) in [5.41, 5.74) is -8.18. The van der Waals surface area contributed by atoms with Crippen molar-refractivity contribution in [3.63, 3.8) is 0 Å². The zero-order chi connectivity index (χ0) is 33.7. The van der Waals surface area contributed by atoms with E-state index in [2.05, 4.69) is 0 Å². The normalized spacial score (nSPS) is 12.9. The quantitative estimate of drug-likeness (QED) is 0.201. The summed E-state index contributed by atoms with van der Waals surface area (Å²) in [4.78, 5) is 12.0. The fourth-order valence-electron chi connectivity index (χ4n) is 4.45. The Morgan fingerprint density at radius 3 is 1.49 bits per heavy atom. The molecule has 0 radical (unpaired) electrons. The Bertz CT molecular complexity index is 1680. The first-order valence-corrected chi connectivity index (χ1v) is 12.2. The number of halogens is 12. The molecule has 4 aromatic rings. The van der Waals surface area contributed by atoms with Crippen molar-refractivity contribution in [2.24, 2.45) is 0 Å². The number of carbonyl (C=O) groups is 1. The van der Waals surface area contributed by atoms with Gasteiger partial charge in [-0.2, -0.15) is 52.7 Å². The van der Waals surface area contributed by atoms with Crippen molar-refractivity contribution < 1.29 is 72.1 Å². The SMILES string of the molecule is COc1cc2c(cc1OCc1cc(C(F)(F)F)cc(C(F)(F)F)c1)cc(C(=O)O)n2Cc1cc(C(F)(F)F)cc(C(F)(F)F)c1. The molecule has 17 heteroatoms. The minimum Gasteiger partial charge on any atom is -0.493 e.